The standard InChI is InChI=1S/C14H27N3O2/c1-14(2,13(16)19)9-17-12(18)11-5-3-4-10(8-11)6-7-15/h10-11H,3-9,15H2,1-2H3,(H2,16,19)(H,17,18). The number of hydrogen-bond acceptors (Lipinski definition) is 3. The molecule has 1 saturated carbocycles. The number of nitrogens with two attached hydrogens (primary N) is 2. The Morgan fingerprint density at radius 2 is 2.00 bits per heavy atom. The van der Waals surface area contributed by atoms with Gasteiger partial charge in [-0.25, -0.2) is 0 Å². The van der Waals surface area contributed by atoms with Crippen LogP contribution in [0, 0.1) is 17.3 Å². The number of nitrogens with one attached hydrogen (secondary N) is 1. The molecular weight excluding hydrogens is 242 g/mol. The van der Waals surface area contributed by atoms with Gasteiger partial charge in [-0.15, -0.1) is 0 Å². The van der Waals surface area contributed by atoms with E-state index in [4.69, 9.17) is 11.5 Å². The van der Waals surface area contributed by atoms with Crippen LogP contribution in [0.1, 0.15) is 46.0 Å². The summed E-state index contributed by atoms with van der Waals surface area (Å²) >= 11 is 0. The summed E-state index contributed by atoms with van der Waals surface area (Å²) in [6.07, 6.45) is 5.11. The highest BCUT2D eigenvalue weighted by Gasteiger charge is 2.30. The van der Waals surface area contributed by atoms with Crippen LogP contribution in [0.5, 0.6) is 0 Å². The fourth-order valence-corrected chi connectivity index (χ4v) is 2.57. The van der Waals surface area contributed by atoms with Crippen molar-refractivity contribution in [3.8, 4) is 0 Å². The predicted octanol–water partition coefficient (Wildman–Crippen LogP) is 0.769. The van der Waals surface area contributed by atoms with Crippen LogP contribution in [0.3, 0.4) is 0 Å². The first-order valence-corrected chi connectivity index (χ1v) is 7.14. The topological polar surface area (TPSA) is 98.2 Å². The molecule has 5 heteroatoms. The van der Waals surface area contributed by atoms with Crippen LogP contribution in [0.4, 0.5) is 0 Å². The largest absolute Gasteiger partial charge is 0.369 e. The monoisotopic (exact) mass is 269 g/mol. The van der Waals surface area contributed by atoms with E-state index < -0.39 is 11.3 Å². The van der Waals surface area contributed by atoms with Gasteiger partial charge < -0.3 is 16.8 Å². The summed E-state index contributed by atoms with van der Waals surface area (Å²) in [5.74, 6) is 0.293. The highest BCUT2D eigenvalue weighted by molar-refractivity contribution is 5.82. The van der Waals surface area contributed by atoms with E-state index >= 15 is 0 Å². The van der Waals surface area contributed by atoms with E-state index in [1.807, 2.05) is 0 Å². The van der Waals surface area contributed by atoms with E-state index in [1.54, 1.807) is 13.8 Å². The van der Waals surface area contributed by atoms with E-state index in [0.29, 0.717) is 19.0 Å². The Kier molecular flexibility index (Phi) is 5.79. The van der Waals surface area contributed by atoms with Crippen molar-refractivity contribution < 1.29 is 9.59 Å². The van der Waals surface area contributed by atoms with Crippen molar-refractivity contribution in [1.29, 1.82) is 0 Å². The van der Waals surface area contributed by atoms with E-state index in [9.17, 15) is 9.59 Å². The second-order valence-corrected chi connectivity index (χ2v) is 6.27. The van der Waals surface area contributed by atoms with E-state index in [-0.39, 0.29) is 11.8 Å². The van der Waals surface area contributed by atoms with E-state index in [1.165, 1.54) is 6.42 Å². The van der Waals surface area contributed by atoms with Crippen molar-refractivity contribution in [2.45, 2.75) is 46.0 Å². The molecule has 0 bridgehead atoms. The van der Waals surface area contributed by atoms with Gasteiger partial charge in [0.2, 0.25) is 11.8 Å². The van der Waals surface area contributed by atoms with Crippen LogP contribution in [-0.4, -0.2) is 24.9 Å². The van der Waals surface area contributed by atoms with Gasteiger partial charge in [0.25, 0.3) is 0 Å². The number of carbonyl (C=O) groups excluding carboxylic acids is 2. The van der Waals surface area contributed by atoms with Crippen molar-refractivity contribution in [2.75, 3.05) is 13.1 Å². The van der Waals surface area contributed by atoms with Crippen LogP contribution in [-0.2, 0) is 9.59 Å². The third-order valence-corrected chi connectivity index (χ3v) is 4.10. The molecule has 0 spiro atoms. The molecular formula is C14H27N3O2. The number of carbonyl (C=O) groups is 2. The Bertz CT molecular complexity index is 327. The normalized spacial score (nSPS) is 23.9. The van der Waals surface area contributed by atoms with Crippen molar-refractivity contribution in [3.05, 3.63) is 0 Å². The number of primary amides is 1. The Morgan fingerprint density at radius 1 is 1.32 bits per heavy atom. The molecule has 2 amide bonds. The molecule has 0 aliphatic heterocycles. The summed E-state index contributed by atoms with van der Waals surface area (Å²) in [5.41, 5.74) is 10.2. The summed E-state index contributed by atoms with van der Waals surface area (Å²) in [6.45, 7) is 4.48. The summed E-state index contributed by atoms with van der Waals surface area (Å²) in [4.78, 5) is 23.3. The van der Waals surface area contributed by atoms with Crippen LogP contribution in [0.15, 0.2) is 0 Å². The van der Waals surface area contributed by atoms with Gasteiger partial charge in [-0.3, -0.25) is 9.59 Å². The fourth-order valence-electron chi connectivity index (χ4n) is 2.57. The second kappa shape index (κ2) is 6.89. The zero-order valence-corrected chi connectivity index (χ0v) is 12.1. The van der Waals surface area contributed by atoms with Crippen molar-refractivity contribution >= 4 is 11.8 Å². The van der Waals surface area contributed by atoms with E-state index in [2.05, 4.69) is 5.32 Å². The lowest BCUT2D eigenvalue weighted by molar-refractivity contribution is -0.129. The van der Waals surface area contributed by atoms with Crippen LogP contribution < -0.4 is 16.8 Å². The Morgan fingerprint density at radius 3 is 2.58 bits per heavy atom. The fraction of sp³-hybridized carbons (Fsp3) is 0.857. The molecule has 1 aliphatic carbocycles. The Hall–Kier alpha value is -1.10. The average molecular weight is 269 g/mol. The van der Waals surface area contributed by atoms with Gasteiger partial charge in [0.1, 0.15) is 0 Å². The lowest BCUT2D eigenvalue weighted by Gasteiger charge is -2.29. The highest BCUT2D eigenvalue weighted by atomic mass is 16.2. The maximum absolute atomic E-state index is 12.1. The van der Waals surface area contributed by atoms with Crippen LogP contribution in [0.2, 0.25) is 0 Å². The van der Waals surface area contributed by atoms with Crippen molar-refractivity contribution in [2.24, 2.45) is 28.7 Å². The molecule has 19 heavy (non-hydrogen) atoms. The molecule has 110 valence electrons. The maximum Gasteiger partial charge on any atom is 0.224 e. The van der Waals surface area contributed by atoms with Gasteiger partial charge in [0.05, 0.1) is 5.41 Å². The summed E-state index contributed by atoms with van der Waals surface area (Å²) in [6, 6.07) is 0. The lowest BCUT2D eigenvalue weighted by atomic mass is 9.79. The molecule has 1 fully saturated rings. The van der Waals surface area contributed by atoms with E-state index in [0.717, 1.165) is 25.7 Å². The molecule has 0 aromatic carbocycles. The highest BCUT2D eigenvalue weighted by Crippen LogP contribution is 2.31. The Labute approximate surface area is 115 Å². The first-order chi connectivity index (χ1) is 8.86. The predicted molar refractivity (Wildman–Crippen MR) is 75.1 cm³/mol. The molecule has 1 aliphatic rings. The first-order valence-electron chi connectivity index (χ1n) is 7.14. The molecule has 1 rings (SSSR count). The molecule has 5 N–H and O–H groups in total. The molecule has 0 aromatic heterocycles. The summed E-state index contributed by atoms with van der Waals surface area (Å²) in [7, 11) is 0. The molecule has 0 heterocycles. The number of rotatable bonds is 6. The minimum absolute atomic E-state index is 0.0519. The maximum atomic E-state index is 12.1. The van der Waals surface area contributed by atoms with Gasteiger partial charge in [0.15, 0.2) is 0 Å². The molecule has 2 unspecified atom stereocenters. The molecule has 5 nitrogen and oxygen atoms in total. The number of amides is 2. The summed E-state index contributed by atoms with van der Waals surface area (Å²) in [5, 5.41) is 2.87. The van der Waals surface area contributed by atoms with Crippen LogP contribution >= 0.6 is 0 Å². The minimum Gasteiger partial charge on any atom is -0.369 e. The van der Waals surface area contributed by atoms with Gasteiger partial charge in [-0.05, 0) is 45.6 Å². The van der Waals surface area contributed by atoms with Gasteiger partial charge in [0, 0.05) is 12.5 Å². The quantitative estimate of drug-likeness (QED) is 0.664. The molecule has 0 saturated heterocycles. The zero-order valence-electron chi connectivity index (χ0n) is 12.1. The van der Waals surface area contributed by atoms with Crippen LogP contribution in [0.25, 0.3) is 0 Å². The molecule has 0 aromatic rings. The first kappa shape index (κ1) is 16.0. The minimum atomic E-state index is -0.693. The second-order valence-electron chi connectivity index (χ2n) is 6.27. The summed E-state index contributed by atoms with van der Waals surface area (Å²) < 4.78 is 0. The number of hydrogen-bond donors (Lipinski definition) is 3. The third kappa shape index (κ3) is 4.82. The Balaban J connectivity index is 2.43. The average Bonchev–Trinajstić information content (AvgIpc) is 2.36. The molecule has 0 radical (unpaired) electrons. The SMILES string of the molecule is CC(C)(CNC(=O)C1CCCC(CCN)C1)C(N)=O. The zero-order chi connectivity index (χ0) is 14.5. The third-order valence-electron chi connectivity index (χ3n) is 4.10. The lowest BCUT2D eigenvalue weighted by Crippen LogP contribution is -2.44. The van der Waals surface area contributed by atoms with Crippen molar-refractivity contribution in [1.82, 2.24) is 5.32 Å². The van der Waals surface area contributed by atoms with Gasteiger partial charge >= 0.3 is 0 Å². The van der Waals surface area contributed by atoms with Gasteiger partial charge in [-0.1, -0.05) is 12.8 Å². The smallest absolute Gasteiger partial charge is 0.224 e. The van der Waals surface area contributed by atoms with Gasteiger partial charge in [-0.2, -0.15) is 0 Å². The molecule has 2 atom stereocenters. The van der Waals surface area contributed by atoms with Crippen molar-refractivity contribution in [3.63, 3.8) is 0 Å².